The second-order valence-corrected chi connectivity index (χ2v) is 2.91. The van der Waals surface area contributed by atoms with Gasteiger partial charge in [0.25, 0.3) is 0 Å². The maximum atomic E-state index is 12.3. The van der Waals surface area contributed by atoms with Gasteiger partial charge in [-0.2, -0.15) is 0 Å². The van der Waals surface area contributed by atoms with E-state index in [1.165, 1.54) is 4.90 Å². The standard InChI is InChI=1S/C9H13FN2O/c1-2-3-4-5-11-9(13)12-6-8(10)7-12/h8H,4-7H2,1H3,(H,11,13). The summed E-state index contributed by atoms with van der Waals surface area (Å²) in [5, 5.41) is 2.66. The first-order valence-electron chi connectivity index (χ1n) is 4.30. The molecule has 0 saturated carbocycles. The van der Waals surface area contributed by atoms with E-state index in [2.05, 4.69) is 17.2 Å². The van der Waals surface area contributed by atoms with Gasteiger partial charge in [-0.1, -0.05) is 0 Å². The molecule has 72 valence electrons. The van der Waals surface area contributed by atoms with Gasteiger partial charge in [0.05, 0.1) is 13.1 Å². The lowest BCUT2D eigenvalue weighted by molar-refractivity contribution is 0.0900. The second kappa shape index (κ2) is 4.70. The Hall–Kier alpha value is -1.24. The van der Waals surface area contributed by atoms with Gasteiger partial charge in [0.1, 0.15) is 6.17 Å². The number of halogens is 1. The average Bonchev–Trinajstić information content (AvgIpc) is 2.07. The van der Waals surface area contributed by atoms with E-state index in [-0.39, 0.29) is 19.1 Å². The van der Waals surface area contributed by atoms with Gasteiger partial charge in [0, 0.05) is 13.0 Å². The van der Waals surface area contributed by atoms with Gasteiger partial charge in [-0.25, -0.2) is 9.18 Å². The summed E-state index contributed by atoms with van der Waals surface area (Å²) in [6, 6.07) is -0.188. The van der Waals surface area contributed by atoms with Gasteiger partial charge < -0.3 is 10.2 Å². The van der Waals surface area contributed by atoms with Crippen molar-refractivity contribution in [3.8, 4) is 11.8 Å². The summed E-state index contributed by atoms with van der Waals surface area (Å²) in [5.74, 6) is 5.56. The molecule has 1 N–H and O–H groups in total. The van der Waals surface area contributed by atoms with Crippen molar-refractivity contribution in [3.05, 3.63) is 0 Å². The molecule has 0 aromatic carbocycles. The maximum absolute atomic E-state index is 12.3. The highest BCUT2D eigenvalue weighted by Crippen LogP contribution is 2.10. The van der Waals surface area contributed by atoms with Crippen LogP contribution in [0, 0.1) is 11.8 Å². The molecule has 1 aliphatic heterocycles. The molecule has 1 aliphatic rings. The molecule has 0 radical (unpaired) electrons. The molecule has 1 rings (SSSR count). The first-order valence-corrected chi connectivity index (χ1v) is 4.30. The first kappa shape index (κ1) is 9.85. The van der Waals surface area contributed by atoms with Crippen molar-refractivity contribution < 1.29 is 9.18 Å². The third-order valence-corrected chi connectivity index (χ3v) is 1.83. The van der Waals surface area contributed by atoms with Gasteiger partial charge >= 0.3 is 6.03 Å². The second-order valence-electron chi connectivity index (χ2n) is 2.91. The van der Waals surface area contributed by atoms with Gasteiger partial charge in [0.15, 0.2) is 0 Å². The van der Waals surface area contributed by atoms with Crippen LogP contribution in [0.2, 0.25) is 0 Å². The summed E-state index contributed by atoms with van der Waals surface area (Å²) in [5.41, 5.74) is 0. The molecule has 1 fully saturated rings. The molecule has 1 heterocycles. The van der Waals surface area contributed by atoms with Crippen LogP contribution in [0.3, 0.4) is 0 Å². The van der Waals surface area contributed by atoms with Crippen molar-refractivity contribution in [2.45, 2.75) is 19.5 Å². The van der Waals surface area contributed by atoms with E-state index < -0.39 is 6.17 Å². The molecule has 3 nitrogen and oxygen atoms in total. The third-order valence-electron chi connectivity index (χ3n) is 1.83. The van der Waals surface area contributed by atoms with Crippen molar-refractivity contribution in [3.63, 3.8) is 0 Å². The van der Waals surface area contributed by atoms with Crippen LogP contribution in [0.15, 0.2) is 0 Å². The zero-order chi connectivity index (χ0) is 9.68. The Bertz CT molecular complexity index is 238. The Balaban J connectivity index is 2.07. The summed E-state index contributed by atoms with van der Waals surface area (Å²) in [6.07, 6.45) is -0.184. The summed E-state index contributed by atoms with van der Waals surface area (Å²) in [7, 11) is 0. The van der Waals surface area contributed by atoms with Gasteiger partial charge in [-0.15, -0.1) is 11.8 Å². The van der Waals surface area contributed by atoms with Gasteiger partial charge in [-0.05, 0) is 6.92 Å². The molecule has 1 saturated heterocycles. The van der Waals surface area contributed by atoms with Crippen molar-refractivity contribution >= 4 is 6.03 Å². The van der Waals surface area contributed by atoms with Crippen LogP contribution in [-0.4, -0.2) is 36.7 Å². The third kappa shape index (κ3) is 2.94. The number of alkyl halides is 1. The summed E-state index contributed by atoms with van der Waals surface area (Å²) in [4.78, 5) is 12.6. The van der Waals surface area contributed by atoms with Crippen LogP contribution in [-0.2, 0) is 0 Å². The first-order chi connectivity index (χ1) is 6.24. The van der Waals surface area contributed by atoms with E-state index in [0.29, 0.717) is 13.0 Å². The number of rotatable bonds is 2. The van der Waals surface area contributed by atoms with Crippen molar-refractivity contribution in [1.82, 2.24) is 10.2 Å². The molecule has 0 unspecified atom stereocenters. The SMILES string of the molecule is CC#CCCNC(=O)N1CC(F)C1. The smallest absolute Gasteiger partial charge is 0.317 e. The lowest BCUT2D eigenvalue weighted by atomic mass is 10.2. The topological polar surface area (TPSA) is 32.3 Å². The maximum Gasteiger partial charge on any atom is 0.317 e. The lowest BCUT2D eigenvalue weighted by Gasteiger charge is -2.34. The van der Waals surface area contributed by atoms with E-state index in [0.717, 1.165) is 0 Å². The van der Waals surface area contributed by atoms with E-state index in [1.54, 1.807) is 6.92 Å². The number of carbonyl (C=O) groups excluding carboxylic acids is 1. The van der Waals surface area contributed by atoms with Crippen LogP contribution >= 0.6 is 0 Å². The summed E-state index contributed by atoms with van der Waals surface area (Å²) < 4.78 is 12.3. The lowest BCUT2D eigenvalue weighted by Crippen LogP contribution is -2.55. The number of hydrogen-bond acceptors (Lipinski definition) is 1. The van der Waals surface area contributed by atoms with Crippen molar-refractivity contribution in [1.29, 1.82) is 0 Å². The summed E-state index contributed by atoms with van der Waals surface area (Å²) in [6.45, 7) is 2.74. The molecular weight excluding hydrogens is 171 g/mol. The van der Waals surface area contributed by atoms with Crippen LogP contribution in [0.1, 0.15) is 13.3 Å². The quantitative estimate of drug-likeness (QED) is 0.499. The Morgan fingerprint density at radius 2 is 2.38 bits per heavy atom. The fourth-order valence-electron chi connectivity index (χ4n) is 1.06. The zero-order valence-corrected chi connectivity index (χ0v) is 7.64. The number of urea groups is 1. The average molecular weight is 184 g/mol. The van der Waals surface area contributed by atoms with Crippen LogP contribution in [0.25, 0.3) is 0 Å². The molecule has 2 amide bonds. The number of hydrogen-bond donors (Lipinski definition) is 1. The molecule has 13 heavy (non-hydrogen) atoms. The Kier molecular flexibility index (Phi) is 3.56. The normalized spacial score (nSPS) is 15.7. The van der Waals surface area contributed by atoms with Crippen molar-refractivity contribution in [2.24, 2.45) is 0 Å². The minimum absolute atomic E-state index is 0.188. The molecular formula is C9H13FN2O. The number of amides is 2. The number of likely N-dealkylation sites (tertiary alicyclic amines) is 1. The zero-order valence-electron chi connectivity index (χ0n) is 7.64. The fraction of sp³-hybridized carbons (Fsp3) is 0.667. The van der Waals surface area contributed by atoms with E-state index in [1.807, 2.05) is 0 Å². The Morgan fingerprint density at radius 1 is 1.69 bits per heavy atom. The highest BCUT2D eigenvalue weighted by atomic mass is 19.1. The minimum atomic E-state index is -0.832. The number of nitrogens with one attached hydrogen (secondary N) is 1. The van der Waals surface area contributed by atoms with Gasteiger partial charge in [0.2, 0.25) is 0 Å². The molecule has 0 aromatic heterocycles. The molecule has 0 atom stereocenters. The predicted molar refractivity (Wildman–Crippen MR) is 47.9 cm³/mol. The van der Waals surface area contributed by atoms with Crippen LogP contribution in [0.4, 0.5) is 9.18 Å². The van der Waals surface area contributed by atoms with E-state index in [4.69, 9.17) is 0 Å². The van der Waals surface area contributed by atoms with Gasteiger partial charge in [-0.3, -0.25) is 0 Å². The Labute approximate surface area is 77.3 Å². The largest absolute Gasteiger partial charge is 0.337 e. The Morgan fingerprint density at radius 3 is 2.92 bits per heavy atom. The highest BCUT2D eigenvalue weighted by molar-refractivity contribution is 5.75. The predicted octanol–water partition coefficient (Wildman–Crippen LogP) is 0.763. The highest BCUT2D eigenvalue weighted by Gasteiger charge is 2.29. The molecule has 0 aliphatic carbocycles. The van der Waals surface area contributed by atoms with E-state index in [9.17, 15) is 9.18 Å². The molecule has 0 bridgehead atoms. The molecule has 0 spiro atoms. The molecule has 4 heteroatoms. The number of nitrogens with zero attached hydrogens (tertiary/aromatic N) is 1. The minimum Gasteiger partial charge on any atom is -0.337 e. The van der Waals surface area contributed by atoms with E-state index >= 15 is 0 Å². The fourth-order valence-corrected chi connectivity index (χ4v) is 1.06. The molecule has 0 aromatic rings. The number of carbonyl (C=O) groups is 1. The summed E-state index contributed by atoms with van der Waals surface area (Å²) >= 11 is 0. The monoisotopic (exact) mass is 184 g/mol. The van der Waals surface area contributed by atoms with Crippen LogP contribution in [0.5, 0.6) is 0 Å². The van der Waals surface area contributed by atoms with Crippen molar-refractivity contribution in [2.75, 3.05) is 19.6 Å². The van der Waals surface area contributed by atoms with Crippen LogP contribution < -0.4 is 5.32 Å².